The minimum atomic E-state index is -1.47. The van der Waals surface area contributed by atoms with Crippen molar-refractivity contribution in [3.8, 4) is 0 Å². The first-order valence-electron chi connectivity index (χ1n) is 11.1. The van der Waals surface area contributed by atoms with E-state index in [1.165, 1.54) is 17.5 Å². The fourth-order valence-electron chi connectivity index (χ4n) is 4.97. The van der Waals surface area contributed by atoms with Crippen LogP contribution in [-0.4, -0.2) is 8.80 Å². The van der Waals surface area contributed by atoms with Crippen LogP contribution in [0.25, 0.3) is 0 Å². The van der Waals surface area contributed by atoms with Gasteiger partial charge in [0.15, 0.2) is 0 Å². The van der Waals surface area contributed by atoms with Crippen LogP contribution in [0.1, 0.15) is 45.2 Å². The van der Waals surface area contributed by atoms with Crippen molar-refractivity contribution in [2.45, 2.75) is 48.0 Å². The van der Waals surface area contributed by atoms with Crippen molar-refractivity contribution in [1.82, 2.24) is 0 Å². The van der Waals surface area contributed by atoms with Gasteiger partial charge in [0.1, 0.15) is 0 Å². The molecule has 0 bridgehead atoms. The monoisotopic (exact) mass is 556 g/mol. The average molecular weight is 559 g/mol. The molecule has 2 aromatic carbocycles. The summed E-state index contributed by atoms with van der Waals surface area (Å²) in [6.07, 6.45) is 6.14. The van der Waals surface area contributed by atoms with Crippen LogP contribution < -0.4 is 35.2 Å². The maximum Gasteiger partial charge on any atom is -1.00 e. The summed E-state index contributed by atoms with van der Waals surface area (Å²) < 4.78 is 3.64. The molecule has 2 aromatic rings. The van der Waals surface area contributed by atoms with E-state index in [1.54, 1.807) is 32.3 Å². The molecule has 0 nitrogen and oxygen atoms in total. The smallest absolute Gasteiger partial charge is 1.00 e. The van der Waals surface area contributed by atoms with Gasteiger partial charge in [-0.1, -0.05) is 0 Å². The van der Waals surface area contributed by atoms with E-state index in [2.05, 4.69) is 102 Å². The molecule has 0 saturated heterocycles. The van der Waals surface area contributed by atoms with Crippen LogP contribution in [0.3, 0.4) is 0 Å². The van der Waals surface area contributed by atoms with Crippen LogP contribution in [-0.2, 0) is 23.2 Å². The van der Waals surface area contributed by atoms with Gasteiger partial charge >= 0.3 is 197 Å². The fourth-order valence-corrected chi connectivity index (χ4v) is 13.9. The minimum Gasteiger partial charge on any atom is -1.00 e. The Bertz CT molecular complexity index is 1080. The van der Waals surface area contributed by atoms with Crippen LogP contribution >= 0.6 is 0 Å². The molecule has 0 saturated carbocycles. The molecular weight excluding hydrogens is 527 g/mol. The maximum atomic E-state index is 2.51. The summed E-state index contributed by atoms with van der Waals surface area (Å²) in [5.74, 6) is 0.656. The number of halogens is 2. The summed E-state index contributed by atoms with van der Waals surface area (Å²) in [5, 5.41) is 4.92. The van der Waals surface area contributed by atoms with Crippen molar-refractivity contribution in [2.75, 3.05) is 0 Å². The van der Waals surface area contributed by atoms with Gasteiger partial charge in [-0.3, -0.25) is 0 Å². The first kappa shape index (κ1) is 27.3. The van der Waals surface area contributed by atoms with Gasteiger partial charge in [-0.2, -0.15) is 0 Å². The van der Waals surface area contributed by atoms with Gasteiger partial charge in [0.2, 0.25) is 0 Å². The van der Waals surface area contributed by atoms with Gasteiger partial charge < -0.3 is 24.8 Å². The van der Waals surface area contributed by atoms with E-state index >= 15 is 0 Å². The number of rotatable bonds is 5. The third kappa shape index (κ3) is 5.10. The quantitative estimate of drug-likeness (QED) is 0.445. The first-order chi connectivity index (χ1) is 14.4. The molecule has 2 aliphatic carbocycles. The SMILES string of the molecule is CC1=C(C)C(C)[C]([Zr+2][C]2=C([SiH](c3ccccc3C)c3ccccc3C)C=CC2)=C1C.[Cl-].[Cl-]. The van der Waals surface area contributed by atoms with E-state index in [9.17, 15) is 0 Å². The second-order valence-corrected chi connectivity index (χ2v) is 15.0. The molecule has 0 N–H and O–H groups in total. The molecule has 32 heavy (non-hydrogen) atoms. The van der Waals surface area contributed by atoms with Gasteiger partial charge in [-0.05, 0) is 0 Å². The Balaban J connectivity index is 0.00000181. The summed E-state index contributed by atoms with van der Waals surface area (Å²) in [6, 6.07) is 18.2. The molecule has 0 spiro atoms. The van der Waals surface area contributed by atoms with Crippen molar-refractivity contribution in [3.05, 3.63) is 100 Å². The Hall–Kier alpha value is -0.920. The first-order valence-corrected chi connectivity index (χ1v) is 15.2. The van der Waals surface area contributed by atoms with Crippen LogP contribution in [0.15, 0.2) is 89.2 Å². The van der Waals surface area contributed by atoms with Crippen molar-refractivity contribution in [1.29, 1.82) is 0 Å². The molecule has 0 aliphatic heterocycles. The third-order valence-corrected chi connectivity index (χ3v) is 16.2. The van der Waals surface area contributed by atoms with Crippen LogP contribution in [0, 0.1) is 19.8 Å². The minimum absolute atomic E-state index is 0. The molecule has 2 aliphatic rings. The number of aryl methyl sites for hydroxylation is 2. The molecule has 0 fully saturated rings. The number of hydrogen-bond donors (Lipinski definition) is 0. The van der Waals surface area contributed by atoms with Crippen molar-refractivity contribution >= 4 is 19.2 Å². The zero-order chi connectivity index (χ0) is 21.4. The zero-order valence-electron chi connectivity index (χ0n) is 19.9. The maximum absolute atomic E-state index is 2.51. The summed E-state index contributed by atoms with van der Waals surface area (Å²) >= 11 is -0.778. The number of benzene rings is 2. The molecule has 0 radical (unpaired) electrons. The summed E-state index contributed by atoms with van der Waals surface area (Å²) in [5.41, 5.74) is 7.66. The van der Waals surface area contributed by atoms with E-state index in [0.717, 1.165) is 0 Å². The van der Waals surface area contributed by atoms with E-state index < -0.39 is 32.0 Å². The van der Waals surface area contributed by atoms with Crippen LogP contribution in [0.4, 0.5) is 0 Å². The van der Waals surface area contributed by atoms with E-state index in [4.69, 9.17) is 0 Å². The average Bonchev–Trinajstić information content (AvgIpc) is 3.26. The summed E-state index contributed by atoms with van der Waals surface area (Å²) in [4.78, 5) is 0. The number of allylic oxidation sites excluding steroid dienone is 8. The Kier molecular flexibility index (Phi) is 9.80. The molecular formula is C28H32Cl2SiZr. The summed E-state index contributed by atoms with van der Waals surface area (Å²) in [7, 11) is -1.47. The standard InChI is InChI=1S/C19H19Si.C9H13.2ClH.Zr/c1-15-9-3-7-13-18(15)20(17-11-5-6-12-17)19-14-8-4-10-16(19)2;1-6-5-7(2)9(4)8(6)3;;;/h3-5,7-11,13-14,20H,6H2,1-2H3;6H,1-4H3;2*1H;/q;;;;+2/p-2. The van der Waals surface area contributed by atoms with Gasteiger partial charge in [0.25, 0.3) is 0 Å². The predicted octanol–water partition coefficient (Wildman–Crippen LogP) is -0.251. The summed E-state index contributed by atoms with van der Waals surface area (Å²) in [6.45, 7) is 14.1. The molecule has 1 atom stereocenters. The second kappa shape index (κ2) is 11.5. The van der Waals surface area contributed by atoms with Gasteiger partial charge in [0.05, 0.1) is 0 Å². The van der Waals surface area contributed by atoms with Crippen molar-refractivity contribution < 1.29 is 48.0 Å². The normalized spacial score (nSPS) is 17.7. The van der Waals surface area contributed by atoms with Crippen LogP contribution in [0.2, 0.25) is 0 Å². The Morgan fingerprint density at radius 1 is 0.781 bits per heavy atom. The Morgan fingerprint density at radius 2 is 1.31 bits per heavy atom. The van der Waals surface area contributed by atoms with Gasteiger partial charge in [-0.25, -0.2) is 0 Å². The van der Waals surface area contributed by atoms with E-state index in [1.807, 2.05) is 6.56 Å². The van der Waals surface area contributed by atoms with E-state index in [-0.39, 0.29) is 24.8 Å². The molecule has 0 aromatic heterocycles. The molecule has 4 heteroatoms. The fraction of sp³-hybridized carbons (Fsp3) is 0.286. The predicted molar refractivity (Wildman–Crippen MR) is 130 cm³/mol. The molecule has 0 heterocycles. The van der Waals surface area contributed by atoms with Gasteiger partial charge in [-0.15, -0.1) is 0 Å². The van der Waals surface area contributed by atoms with Crippen molar-refractivity contribution in [2.24, 2.45) is 5.92 Å². The molecule has 4 rings (SSSR count). The molecule has 1 unspecified atom stereocenters. The molecule has 166 valence electrons. The van der Waals surface area contributed by atoms with Gasteiger partial charge in [0, 0.05) is 0 Å². The zero-order valence-corrected chi connectivity index (χ0v) is 25.0. The van der Waals surface area contributed by atoms with Crippen LogP contribution in [0.5, 0.6) is 0 Å². The largest absolute Gasteiger partial charge is 1.00 e. The second-order valence-electron chi connectivity index (χ2n) is 8.88. The van der Waals surface area contributed by atoms with Crippen molar-refractivity contribution in [3.63, 3.8) is 0 Å². The Labute approximate surface area is 220 Å². The molecule has 0 amide bonds. The topological polar surface area (TPSA) is 0 Å². The van der Waals surface area contributed by atoms with E-state index in [0.29, 0.717) is 5.92 Å². The third-order valence-electron chi connectivity index (χ3n) is 7.20. The Morgan fingerprint density at radius 3 is 1.78 bits per heavy atom. The number of hydrogen-bond acceptors (Lipinski definition) is 0.